The van der Waals surface area contributed by atoms with Crippen molar-refractivity contribution >= 4 is 0 Å². The molecule has 0 amide bonds. The lowest BCUT2D eigenvalue weighted by atomic mass is 10.1. The van der Waals surface area contributed by atoms with Crippen LogP contribution in [0.1, 0.15) is 47.5 Å². The van der Waals surface area contributed by atoms with E-state index >= 15 is 0 Å². The van der Waals surface area contributed by atoms with Gasteiger partial charge >= 0.3 is 0 Å². The summed E-state index contributed by atoms with van der Waals surface area (Å²) in [6.07, 6.45) is 0.889. The van der Waals surface area contributed by atoms with Crippen molar-refractivity contribution in [3.8, 4) is 0 Å². The van der Waals surface area contributed by atoms with Gasteiger partial charge in [-0.05, 0) is 34.1 Å². The lowest BCUT2D eigenvalue weighted by molar-refractivity contribution is -0.236. The van der Waals surface area contributed by atoms with Crippen LogP contribution in [-0.2, 0) is 28.4 Å². The Morgan fingerprint density at radius 3 is 2.41 bits per heavy atom. The molecule has 0 aromatic rings. The first-order valence-corrected chi connectivity index (χ1v) is 8.26. The van der Waals surface area contributed by atoms with Crippen LogP contribution in [0.25, 0.3) is 0 Å². The first-order chi connectivity index (χ1) is 10.3. The number of rotatable bonds is 5. The van der Waals surface area contributed by atoms with Gasteiger partial charge < -0.3 is 28.4 Å². The molecule has 0 radical (unpaired) electrons. The highest BCUT2D eigenvalue weighted by molar-refractivity contribution is 4.98. The predicted octanol–water partition coefficient (Wildman–Crippen LogP) is 2.20. The summed E-state index contributed by atoms with van der Waals surface area (Å²) in [5, 5.41) is 0. The summed E-state index contributed by atoms with van der Waals surface area (Å²) in [5.41, 5.74) is 0. The molecule has 5 atom stereocenters. The molecule has 3 rings (SSSR count). The van der Waals surface area contributed by atoms with E-state index in [-0.39, 0.29) is 24.4 Å². The quantitative estimate of drug-likeness (QED) is 0.725. The minimum absolute atomic E-state index is 0.164. The Labute approximate surface area is 132 Å². The van der Waals surface area contributed by atoms with Gasteiger partial charge in [0.05, 0.1) is 6.61 Å². The van der Waals surface area contributed by atoms with E-state index in [9.17, 15) is 0 Å². The zero-order valence-corrected chi connectivity index (χ0v) is 14.2. The molecule has 3 aliphatic heterocycles. The molecule has 3 heterocycles. The monoisotopic (exact) mass is 316 g/mol. The van der Waals surface area contributed by atoms with Crippen LogP contribution in [0, 0.1) is 0 Å². The zero-order valence-electron chi connectivity index (χ0n) is 14.2. The van der Waals surface area contributed by atoms with E-state index in [0.29, 0.717) is 13.2 Å². The average Bonchev–Trinajstić information content (AvgIpc) is 3.01. The van der Waals surface area contributed by atoms with E-state index in [1.807, 2.05) is 27.7 Å². The third-order valence-electron chi connectivity index (χ3n) is 4.23. The van der Waals surface area contributed by atoms with E-state index in [4.69, 9.17) is 28.4 Å². The minimum Gasteiger partial charge on any atom is -0.372 e. The summed E-state index contributed by atoms with van der Waals surface area (Å²) in [6, 6.07) is 0. The Kier molecular flexibility index (Phi) is 4.53. The van der Waals surface area contributed by atoms with Gasteiger partial charge in [-0.1, -0.05) is 13.3 Å². The van der Waals surface area contributed by atoms with Gasteiger partial charge in [0.2, 0.25) is 0 Å². The molecule has 3 aliphatic rings. The smallest absolute Gasteiger partial charge is 0.190 e. The second-order valence-corrected chi connectivity index (χ2v) is 7.13. The normalized spacial score (nSPS) is 42.7. The molecule has 6 heteroatoms. The van der Waals surface area contributed by atoms with Gasteiger partial charge in [0.1, 0.15) is 24.4 Å². The summed E-state index contributed by atoms with van der Waals surface area (Å²) in [6.45, 7) is 10.9. The van der Waals surface area contributed by atoms with E-state index in [1.165, 1.54) is 0 Å². The molecule has 3 saturated heterocycles. The van der Waals surface area contributed by atoms with Crippen LogP contribution < -0.4 is 0 Å². The highest BCUT2D eigenvalue weighted by atomic mass is 16.8. The Bertz CT molecular complexity index is 396. The molecule has 128 valence electrons. The zero-order chi connectivity index (χ0) is 16.0. The maximum Gasteiger partial charge on any atom is 0.190 e. The largest absolute Gasteiger partial charge is 0.372 e. The molecule has 0 bridgehead atoms. The molecular weight excluding hydrogens is 288 g/mol. The first-order valence-electron chi connectivity index (χ1n) is 8.26. The maximum atomic E-state index is 6.08. The molecule has 0 N–H and O–H groups in total. The van der Waals surface area contributed by atoms with E-state index in [2.05, 4.69) is 6.92 Å². The highest BCUT2D eigenvalue weighted by Gasteiger charge is 2.58. The Hall–Kier alpha value is -0.240. The number of unbranched alkanes of at least 4 members (excludes halogenated alkanes) is 1. The van der Waals surface area contributed by atoms with Crippen LogP contribution in [0.15, 0.2) is 0 Å². The molecule has 22 heavy (non-hydrogen) atoms. The Morgan fingerprint density at radius 2 is 1.77 bits per heavy atom. The lowest BCUT2D eigenvalue weighted by Crippen LogP contribution is -2.44. The molecule has 0 spiro atoms. The summed E-state index contributed by atoms with van der Waals surface area (Å²) >= 11 is 0. The summed E-state index contributed by atoms with van der Waals surface area (Å²) in [7, 11) is 0. The van der Waals surface area contributed by atoms with Gasteiger partial charge in [-0.2, -0.15) is 0 Å². The molecule has 0 aromatic carbocycles. The van der Waals surface area contributed by atoms with Crippen molar-refractivity contribution in [3.05, 3.63) is 0 Å². The van der Waals surface area contributed by atoms with Gasteiger partial charge in [-0.15, -0.1) is 0 Å². The Morgan fingerprint density at radius 1 is 1.00 bits per heavy atom. The number of hydrogen-bond donors (Lipinski definition) is 0. The number of hydrogen-bond acceptors (Lipinski definition) is 6. The van der Waals surface area contributed by atoms with Crippen LogP contribution in [-0.4, -0.2) is 55.5 Å². The highest BCUT2D eigenvalue weighted by Crippen LogP contribution is 2.41. The second kappa shape index (κ2) is 6.00. The number of fused-ring (bicyclic) bond motifs is 1. The van der Waals surface area contributed by atoms with Crippen LogP contribution >= 0.6 is 0 Å². The van der Waals surface area contributed by atoms with Crippen LogP contribution in [0.2, 0.25) is 0 Å². The molecule has 0 saturated carbocycles. The van der Waals surface area contributed by atoms with Gasteiger partial charge in [-0.3, -0.25) is 0 Å². The summed E-state index contributed by atoms with van der Waals surface area (Å²) in [5.74, 6) is -1.22. The first kappa shape index (κ1) is 16.6. The van der Waals surface area contributed by atoms with Crippen LogP contribution in [0.5, 0.6) is 0 Å². The molecule has 0 aromatic heterocycles. The van der Waals surface area contributed by atoms with Crippen molar-refractivity contribution in [2.45, 2.75) is 89.7 Å². The van der Waals surface area contributed by atoms with Crippen molar-refractivity contribution in [2.75, 3.05) is 13.2 Å². The van der Waals surface area contributed by atoms with Gasteiger partial charge in [-0.25, -0.2) is 0 Å². The number of ether oxygens (including phenoxy) is 6. The molecule has 6 nitrogen and oxygen atoms in total. The standard InChI is InChI=1S/C16H28O6/c1-6-7-8-17-12-11(10-9-18-15(2,3)20-10)19-14-13(12)21-16(4,5)22-14/h10-14H,6-9H2,1-5H3/t10-,11+,12-,13+,14-/m0/s1. The van der Waals surface area contributed by atoms with E-state index in [0.717, 1.165) is 12.8 Å². The van der Waals surface area contributed by atoms with Gasteiger partial charge in [0.15, 0.2) is 17.9 Å². The third kappa shape index (κ3) is 3.32. The SMILES string of the molecule is CCCCO[C@@H]1[C@H]2OC(C)(C)O[C@@H]2O[C@@H]1[C@@H]1COC(C)(C)O1. The minimum atomic E-state index is -0.640. The fraction of sp³-hybridized carbons (Fsp3) is 1.00. The fourth-order valence-corrected chi connectivity index (χ4v) is 3.23. The molecule has 3 fully saturated rings. The van der Waals surface area contributed by atoms with Crippen molar-refractivity contribution in [3.63, 3.8) is 0 Å². The molecule has 0 unspecified atom stereocenters. The molecule has 0 aliphatic carbocycles. The Balaban J connectivity index is 1.69. The lowest BCUT2D eigenvalue weighted by Gasteiger charge is -2.29. The van der Waals surface area contributed by atoms with Crippen LogP contribution in [0.3, 0.4) is 0 Å². The van der Waals surface area contributed by atoms with Crippen molar-refractivity contribution in [2.24, 2.45) is 0 Å². The topological polar surface area (TPSA) is 55.4 Å². The van der Waals surface area contributed by atoms with E-state index < -0.39 is 17.9 Å². The van der Waals surface area contributed by atoms with Crippen molar-refractivity contribution in [1.29, 1.82) is 0 Å². The van der Waals surface area contributed by atoms with Crippen LogP contribution in [0.4, 0.5) is 0 Å². The average molecular weight is 316 g/mol. The van der Waals surface area contributed by atoms with Gasteiger partial charge in [0, 0.05) is 6.61 Å². The molecular formula is C16H28O6. The summed E-state index contributed by atoms with van der Waals surface area (Å²) in [4.78, 5) is 0. The predicted molar refractivity (Wildman–Crippen MR) is 78.3 cm³/mol. The third-order valence-corrected chi connectivity index (χ3v) is 4.23. The second-order valence-electron chi connectivity index (χ2n) is 7.13. The van der Waals surface area contributed by atoms with Gasteiger partial charge in [0.25, 0.3) is 0 Å². The van der Waals surface area contributed by atoms with Crippen molar-refractivity contribution < 1.29 is 28.4 Å². The summed E-state index contributed by atoms with van der Waals surface area (Å²) < 4.78 is 35.6. The fourth-order valence-electron chi connectivity index (χ4n) is 3.23. The van der Waals surface area contributed by atoms with E-state index in [1.54, 1.807) is 0 Å². The maximum absolute atomic E-state index is 6.08. The van der Waals surface area contributed by atoms with Crippen molar-refractivity contribution in [1.82, 2.24) is 0 Å².